The van der Waals surface area contributed by atoms with Crippen molar-refractivity contribution in [1.82, 2.24) is 4.98 Å². The predicted molar refractivity (Wildman–Crippen MR) is 76.1 cm³/mol. The number of halogens is 2. The van der Waals surface area contributed by atoms with Crippen molar-refractivity contribution in [3.05, 3.63) is 57.8 Å². The third kappa shape index (κ3) is 2.20. The van der Waals surface area contributed by atoms with Crippen LogP contribution in [0.3, 0.4) is 0 Å². The smallest absolute Gasteiger partial charge is 0.278 e. The fraction of sp³-hybridized carbons (Fsp3) is 0.143. The monoisotopic (exact) mass is 292 g/mol. The summed E-state index contributed by atoms with van der Waals surface area (Å²) in [5.74, 6) is -0.211. The molecule has 2 heterocycles. The molecule has 0 aliphatic carbocycles. The van der Waals surface area contributed by atoms with Crippen LogP contribution >= 0.6 is 23.2 Å². The van der Waals surface area contributed by atoms with Crippen molar-refractivity contribution in [2.75, 3.05) is 11.4 Å². The number of benzene rings is 1. The van der Waals surface area contributed by atoms with Crippen LogP contribution in [0.5, 0.6) is 0 Å². The van der Waals surface area contributed by atoms with Gasteiger partial charge >= 0.3 is 0 Å². The molecule has 2 aromatic rings. The molecule has 1 aromatic heterocycles. The Bertz CT molecular complexity index is 658. The number of para-hydroxylation sites is 1. The van der Waals surface area contributed by atoms with E-state index in [9.17, 15) is 4.79 Å². The average molecular weight is 293 g/mol. The molecule has 3 rings (SSSR count). The summed E-state index contributed by atoms with van der Waals surface area (Å²) < 4.78 is 0. The molecule has 0 saturated carbocycles. The number of hydrogen-bond acceptors (Lipinski definition) is 2. The molecule has 0 unspecified atom stereocenters. The number of nitrogens with zero attached hydrogens (tertiary/aromatic N) is 2. The van der Waals surface area contributed by atoms with Gasteiger partial charge in [0.05, 0.1) is 5.02 Å². The topological polar surface area (TPSA) is 33.2 Å². The first-order valence-electron chi connectivity index (χ1n) is 5.88. The fourth-order valence-corrected chi connectivity index (χ4v) is 2.58. The number of aromatic nitrogens is 1. The molecule has 0 bridgehead atoms. The van der Waals surface area contributed by atoms with Gasteiger partial charge in [-0.05, 0) is 30.2 Å². The summed E-state index contributed by atoms with van der Waals surface area (Å²) in [6.45, 7) is 0.642. The average Bonchev–Trinajstić information content (AvgIpc) is 2.84. The van der Waals surface area contributed by atoms with Crippen LogP contribution in [0.15, 0.2) is 36.4 Å². The molecule has 1 amide bonds. The quantitative estimate of drug-likeness (QED) is 0.753. The largest absolute Gasteiger partial charge is 0.306 e. The van der Waals surface area contributed by atoms with Gasteiger partial charge in [0.25, 0.3) is 5.91 Å². The van der Waals surface area contributed by atoms with Gasteiger partial charge in [-0.1, -0.05) is 41.4 Å². The number of pyridine rings is 1. The Balaban J connectivity index is 2.00. The van der Waals surface area contributed by atoms with Gasteiger partial charge in [0.1, 0.15) is 10.8 Å². The van der Waals surface area contributed by atoms with Crippen molar-refractivity contribution in [3.8, 4) is 0 Å². The van der Waals surface area contributed by atoms with Crippen LogP contribution in [0, 0.1) is 0 Å². The fourth-order valence-electron chi connectivity index (χ4n) is 2.25. The first kappa shape index (κ1) is 12.5. The summed E-state index contributed by atoms with van der Waals surface area (Å²) in [5, 5.41) is 0.582. The summed E-state index contributed by atoms with van der Waals surface area (Å²) in [7, 11) is 0. The lowest BCUT2D eigenvalue weighted by Gasteiger charge is -2.17. The normalized spacial score (nSPS) is 13.5. The molecule has 1 aromatic carbocycles. The van der Waals surface area contributed by atoms with Crippen LogP contribution in [0.2, 0.25) is 10.2 Å². The van der Waals surface area contributed by atoms with Gasteiger partial charge in [-0.15, -0.1) is 0 Å². The molecule has 96 valence electrons. The zero-order valence-electron chi connectivity index (χ0n) is 9.94. The first-order chi connectivity index (χ1) is 9.16. The van der Waals surface area contributed by atoms with E-state index in [1.54, 1.807) is 17.0 Å². The van der Waals surface area contributed by atoms with Gasteiger partial charge in [-0.25, -0.2) is 4.98 Å². The molecule has 0 spiro atoms. The third-order valence-electron chi connectivity index (χ3n) is 3.15. The standard InChI is InChI=1S/C14H10Cl2N2O/c15-10-5-6-12(16)17-13(10)14(19)18-8-7-9-3-1-2-4-11(9)18/h1-6H,7-8H2. The second kappa shape index (κ2) is 4.83. The minimum absolute atomic E-state index is 0.200. The maximum Gasteiger partial charge on any atom is 0.278 e. The van der Waals surface area contributed by atoms with Gasteiger partial charge in [0.15, 0.2) is 0 Å². The summed E-state index contributed by atoms with van der Waals surface area (Å²) in [4.78, 5) is 18.2. The van der Waals surface area contributed by atoms with Gasteiger partial charge in [0.2, 0.25) is 0 Å². The lowest BCUT2D eigenvalue weighted by atomic mass is 10.2. The van der Waals surface area contributed by atoms with E-state index < -0.39 is 0 Å². The third-order valence-corrected chi connectivity index (χ3v) is 3.66. The number of anilines is 1. The Hall–Kier alpha value is -1.58. The number of rotatable bonds is 1. The van der Waals surface area contributed by atoms with Gasteiger partial charge in [-0.2, -0.15) is 0 Å². The molecule has 0 N–H and O–H groups in total. The van der Waals surface area contributed by atoms with E-state index in [0.29, 0.717) is 11.6 Å². The molecule has 1 aliphatic heterocycles. The van der Waals surface area contributed by atoms with E-state index in [2.05, 4.69) is 4.98 Å². The van der Waals surface area contributed by atoms with Crippen LogP contribution in [0.25, 0.3) is 0 Å². The minimum Gasteiger partial charge on any atom is -0.306 e. The zero-order chi connectivity index (χ0) is 13.4. The van der Waals surface area contributed by atoms with Gasteiger partial charge < -0.3 is 4.90 Å². The molecule has 5 heteroatoms. The first-order valence-corrected chi connectivity index (χ1v) is 6.64. The highest BCUT2D eigenvalue weighted by Gasteiger charge is 2.27. The summed E-state index contributed by atoms with van der Waals surface area (Å²) in [6.07, 6.45) is 0.847. The van der Waals surface area contributed by atoms with E-state index in [1.807, 2.05) is 24.3 Å². The van der Waals surface area contributed by atoms with Crippen molar-refractivity contribution in [1.29, 1.82) is 0 Å². The van der Waals surface area contributed by atoms with E-state index in [0.717, 1.165) is 17.7 Å². The highest BCUT2D eigenvalue weighted by molar-refractivity contribution is 6.35. The Morgan fingerprint density at radius 1 is 1.16 bits per heavy atom. The van der Waals surface area contributed by atoms with E-state index in [1.165, 1.54) is 0 Å². The summed E-state index contributed by atoms with van der Waals surface area (Å²) in [5.41, 5.74) is 2.28. The number of hydrogen-bond donors (Lipinski definition) is 0. The number of carbonyl (C=O) groups excluding carboxylic acids is 1. The summed E-state index contributed by atoms with van der Waals surface area (Å²) >= 11 is 11.9. The Kier molecular flexibility index (Phi) is 3.17. The van der Waals surface area contributed by atoms with E-state index in [-0.39, 0.29) is 16.8 Å². The molecule has 3 nitrogen and oxygen atoms in total. The Morgan fingerprint density at radius 2 is 1.95 bits per heavy atom. The van der Waals surface area contributed by atoms with Crippen molar-refractivity contribution in [2.24, 2.45) is 0 Å². The lowest BCUT2D eigenvalue weighted by molar-refractivity contribution is 0.0985. The molecule has 19 heavy (non-hydrogen) atoms. The molecule has 0 saturated heterocycles. The second-order valence-electron chi connectivity index (χ2n) is 4.30. The Morgan fingerprint density at radius 3 is 2.79 bits per heavy atom. The van der Waals surface area contributed by atoms with Crippen molar-refractivity contribution < 1.29 is 4.79 Å². The molecular weight excluding hydrogens is 283 g/mol. The second-order valence-corrected chi connectivity index (χ2v) is 5.09. The SMILES string of the molecule is O=C(c1nc(Cl)ccc1Cl)N1CCc2ccccc21. The highest BCUT2D eigenvalue weighted by atomic mass is 35.5. The van der Waals surface area contributed by atoms with Crippen molar-refractivity contribution in [3.63, 3.8) is 0 Å². The maximum absolute atomic E-state index is 12.5. The van der Waals surface area contributed by atoms with Crippen LogP contribution < -0.4 is 4.90 Å². The van der Waals surface area contributed by atoms with E-state index >= 15 is 0 Å². The zero-order valence-corrected chi connectivity index (χ0v) is 11.4. The molecule has 0 fully saturated rings. The molecule has 1 aliphatic rings. The maximum atomic E-state index is 12.5. The molecular formula is C14H10Cl2N2O. The van der Waals surface area contributed by atoms with Crippen LogP contribution in [-0.2, 0) is 6.42 Å². The molecule has 0 atom stereocenters. The van der Waals surface area contributed by atoms with Crippen LogP contribution in [-0.4, -0.2) is 17.4 Å². The predicted octanol–water partition coefficient (Wildman–Crippen LogP) is 3.59. The van der Waals surface area contributed by atoms with Crippen molar-refractivity contribution in [2.45, 2.75) is 6.42 Å². The Labute approximate surface area is 120 Å². The highest BCUT2D eigenvalue weighted by Crippen LogP contribution is 2.30. The van der Waals surface area contributed by atoms with Crippen molar-refractivity contribution >= 4 is 34.8 Å². The van der Waals surface area contributed by atoms with Crippen LogP contribution in [0.1, 0.15) is 16.1 Å². The summed E-state index contributed by atoms with van der Waals surface area (Å²) in [6, 6.07) is 11.0. The van der Waals surface area contributed by atoms with E-state index in [4.69, 9.17) is 23.2 Å². The molecule has 0 radical (unpaired) electrons. The van der Waals surface area contributed by atoms with Crippen LogP contribution in [0.4, 0.5) is 5.69 Å². The number of carbonyl (C=O) groups is 1. The minimum atomic E-state index is -0.211. The van der Waals surface area contributed by atoms with Gasteiger partial charge in [0, 0.05) is 12.2 Å². The number of fused-ring (bicyclic) bond motifs is 1. The van der Waals surface area contributed by atoms with Gasteiger partial charge in [-0.3, -0.25) is 4.79 Å². The number of amides is 1. The lowest BCUT2D eigenvalue weighted by Crippen LogP contribution is -2.29.